The Morgan fingerprint density at radius 1 is 1.34 bits per heavy atom. The Kier molecular flexibility index (Phi) is 6.18. The number of phenols is 1. The van der Waals surface area contributed by atoms with Crippen LogP contribution in [0.4, 0.5) is 14.9 Å². The molecule has 0 fully saturated rings. The Hall–Kier alpha value is -2.53. The van der Waals surface area contributed by atoms with Crippen LogP contribution in [0, 0.1) is 9.39 Å². The average molecular weight is 532 g/mol. The van der Waals surface area contributed by atoms with Crippen molar-refractivity contribution in [2.45, 2.75) is 13.0 Å². The van der Waals surface area contributed by atoms with Crippen LogP contribution in [0.2, 0.25) is 5.02 Å². The van der Waals surface area contributed by atoms with E-state index >= 15 is 0 Å². The van der Waals surface area contributed by atoms with Gasteiger partial charge in [-0.2, -0.15) is 0 Å². The number of urea groups is 1. The number of allylic oxidation sites excluding steroid dienone is 1. The van der Waals surface area contributed by atoms with E-state index in [1.165, 1.54) is 37.4 Å². The standard InChI is InChI=1S/C19H16ClFIN3O4/c1-8-13(18(27)24-10-5-3-9(21)4-6-10)16(25-19(28)23-8)11-7-12(29-2)17(26)15(22)14(11)20/h3-7,16,26H,1-2H3,(H,24,27)(H2,23,25,28)/t16-/m1/s1. The molecule has 7 nitrogen and oxygen atoms in total. The number of phenolic OH excluding ortho intramolecular Hbond substituents is 1. The summed E-state index contributed by atoms with van der Waals surface area (Å²) in [5.41, 5.74) is 1.30. The zero-order chi connectivity index (χ0) is 21.3. The topological polar surface area (TPSA) is 99.7 Å². The Labute approximate surface area is 184 Å². The summed E-state index contributed by atoms with van der Waals surface area (Å²) in [7, 11) is 1.38. The summed E-state index contributed by atoms with van der Waals surface area (Å²) in [5, 5.41) is 18.2. The van der Waals surface area contributed by atoms with Crippen molar-refractivity contribution >= 4 is 51.8 Å². The van der Waals surface area contributed by atoms with Gasteiger partial charge in [0.1, 0.15) is 5.82 Å². The first-order valence-electron chi connectivity index (χ1n) is 8.33. The van der Waals surface area contributed by atoms with Crippen molar-refractivity contribution in [2.75, 3.05) is 12.4 Å². The minimum absolute atomic E-state index is 0.139. The quantitative estimate of drug-likeness (QED) is 0.447. The smallest absolute Gasteiger partial charge is 0.319 e. The van der Waals surface area contributed by atoms with Crippen molar-refractivity contribution in [1.29, 1.82) is 0 Å². The van der Waals surface area contributed by atoms with E-state index in [9.17, 15) is 19.1 Å². The Balaban J connectivity index is 2.06. The van der Waals surface area contributed by atoms with Gasteiger partial charge in [-0.15, -0.1) is 0 Å². The molecule has 3 amide bonds. The zero-order valence-electron chi connectivity index (χ0n) is 15.3. The molecule has 0 radical (unpaired) electrons. The van der Waals surface area contributed by atoms with E-state index in [1.54, 1.807) is 6.92 Å². The van der Waals surface area contributed by atoms with Crippen molar-refractivity contribution in [3.63, 3.8) is 0 Å². The van der Waals surface area contributed by atoms with Gasteiger partial charge >= 0.3 is 6.03 Å². The number of carbonyl (C=O) groups excluding carboxylic acids is 2. The van der Waals surface area contributed by atoms with Crippen LogP contribution in [0.25, 0.3) is 0 Å². The summed E-state index contributed by atoms with van der Waals surface area (Å²) in [5.74, 6) is -0.928. The summed E-state index contributed by atoms with van der Waals surface area (Å²) < 4.78 is 18.6. The van der Waals surface area contributed by atoms with Gasteiger partial charge in [-0.3, -0.25) is 4.79 Å². The molecule has 0 saturated heterocycles. The predicted octanol–water partition coefficient (Wildman–Crippen LogP) is 4.06. The highest BCUT2D eigenvalue weighted by molar-refractivity contribution is 14.1. The van der Waals surface area contributed by atoms with Gasteiger partial charge in [-0.25, -0.2) is 9.18 Å². The van der Waals surface area contributed by atoms with Gasteiger partial charge in [0, 0.05) is 16.9 Å². The molecule has 0 unspecified atom stereocenters. The fourth-order valence-corrected chi connectivity index (χ4v) is 3.77. The molecule has 2 aromatic carbocycles. The number of benzene rings is 2. The molecule has 1 aliphatic heterocycles. The maximum Gasteiger partial charge on any atom is 0.319 e. The van der Waals surface area contributed by atoms with Crippen LogP contribution in [0.5, 0.6) is 11.5 Å². The highest BCUT2D eigenvalue weighted by atomic mass is 127. The molecule has 2 aromatic rings. The Bertz CT molecular complexity index is 1030. The van der Waals surface area contributed by atoms with Crippen molar-refractivity contribution in [3.05, 3.63) is 61.6 Å². The summed E-state index contributed by atoms with van der Waals surface area (Å²) in [6.07, 6.45) is 0. The lowest BCUT2D eigenvalue weighted by Gasteiger charge is -2.29. The molecule has 152 valence electrons. The van der Waals surface area contributed by atoms with E-state index in [-0.39, 0.29) is 22.1 Å². The minimum Gasteiger partial charge on any atom is -0.503 e. The van der Waals surface area contributed by atoms with Crippen LogP contribution in [-0.4, -0.2) is 24.2 Å². The number of hydrogen-bond acceptors (Lipinski definition) is 4. The number of aromatic hydroxyl groups is 1. The van der Waals surface area contributed by atoms with Crippen molar-refractivity contribution in [1.82, 2.24) is 10.6 Å². The average Bonchev–Trinajstić information content (AvgIpc) is 2.67. The summed E-state index contributed by atoms with van der Waals surface area (Å²) in [6.45, 7) is 1.59. The molecular weight excluding hydrogens is 516 g/mol. The minimum atomic E-state index is -0.903. The third-order valence-electron chi connectivity index (χ3n) is 4.32. The third kappa shape index (κ3) is 4.25. The number of methoxy groups -OCH3 is 1. The van der Waals surface area contributed by atoms with Gasteiger partial charge in [0.25, 0.3) is 5.91 Å². The van der Waals surface area contributed by atoms with Crippen LogP contribution < -0.4 is 20.7 Å². The molecule has 0 aliphatic carbocycles. The number of hydrogen-bond donors (Lipinski definition) is 4. The summed E-state index contributed by atoms with van der Waals surface area (Å²) in [6, 6.07) is 5.34. The summed E-state index contributed by atoms with van der Waals surface area (Å²) in [4.78, 5) is 25.1. The fourth-order valence-electron chi connectivity index (χ4n) is 2.94. The van der Waals surface area contributed by atoms with Gasteiger partial charge in [-0.05, 0) is 59.8 Å². The second-order valence-corrected chi connectivity index (χ2v) is 7.63. The molecule has 10 heteroatoms. The number of ether oxygens (including phenoxy) is 1. The van der Waals surface area contributed by atoms with E-state index in [0.717, 1.165) is 0 Å². The van der Waals surface area contributed by atoms with E-state index in [4.69, 9.17) is 16.3 Å². The van der Waals surface area contributed by atoms with Gasteiger partial charge < -0.3 is 25.8 Å². The number of carbonyl (C=O) groups is 2. The molecule has 1 atom stereocenters. The highest BCUT2D eigenvalue weighted by Gasteiger charge is 2.34. The van der Waals surface area contributed by atoms with Gasteiger partial charge in [0.05, 0.1) is 27.3 Å². The van der Waals surface area contributed by atoms with Crippen LogP contribution in [-0.2, 0) is 4.79 Å². The monoisotopic (exact) mass is 531 g/mol. The Morgan fingerprint density at radius 3 is 2.62 bits per heavy atom. The fraction of sp³-hybridized carbons (Fsp3) is 0.158. The number of amides is 3. The predicted molar refractivity (Wildman–Crippen MR) is 115 cm³/mol. The maximum absolute atomic E-state index is 13.1. The molecular formula is C19H16ClFIN3O4. The first kappa shape index (κ1) is 21.2. The molecule has 0 bridgehead atoms. The van der Waals surface area contributed by atoms with E-state index in [1.807, 2.05) is 22.6 Å². The lowest BCUT2D eigenvalue weighted by molar-refractivity contribution is -0.113. The molecule has 1 aliphatic rings. The van der Waals surface area contributed by atoms with E-state index < -0.39 is 23.8 Å². The van der Waals surface area contributed by atoms with Crippen molar-refractivity contribution in [2.24, 2.45) is 0 Å². The lowest BCUT2D eigenvalue weighted by Crippen LogP contribution is -2.46. The number of rotatable bonds is 4. The van der Waals surface area contributed by atoms with Crippen molar-refractivity contribution in [3.8, 4) is 11.5 Å². The first-order chi connectivity index (χ1) is 13.7. The number of halogens is 3. The van der Waals surface area contributed by atoms with Gasteiger partial charge in [-0.1, -0.05) is 11.6 Å². The highest BCUT2D eigenvalue weighted by Crippen LogP contribution is 2.43. The summed E-state index contributed by atoms with van der Waals surface area (Å²) >= 11 is 8.27. The van der Waals surface area contributed by atoms with Crippen LogP contribution >= 0.6 is 34.2 Å². The van der Waals surface area contributed by atoms with Crippen LogP contribution in [0.1, 0.15) is 18.5 Å². The molecule has 4 N–H and O–H groups in total. The van der Waals surface area contributed by atoms with E-state index in [2.05, 4.69) is 16.0 Å². The maximum atomic E-state index is 13.1. The number of nitrogens with one attached hydrogen (secondary N) is 3. The third-order valence-corrected chi connectivity index (χ3v) is 6.10. The molecule has 3 rings (SSSR count). The second-order valence-electron chi connectivity index (χ2n) is 6.18. The van der Waals surface area contributed by atoms with Crippen molar-refractivity contribution < 1.29 is 23.8 Å². The van der Waals surface area contributed by atoms with Crippen LogP contribution in [0.15, 0.2) is 41.6 Å². The zero-order valence-corrected chi connectivity index (χ0v) is 18.2. The second kappa shape index (κ2) is 8.46. The van der Waals surface area contributed by atoms with Gasteiger partial charge in [0.15, 0.2) is 11.5 Å². The molecule has 0 saturated carbocycles. The molecule has 1 heterocycles. The lowest BCUT2D eigenvalue weighted by atomic mass is 9.94. The molecule has 0 spiro atoms. The normalized spacial score (nSPS) is 16.2. The van der Waals surface area contributed by atoms with Gasteiger partial charge in [0.2, 0.25) is 0 Å². The van der Waals surface area contributed by atoms with Crippen LogP contribution in [0.3, 0.4) is 0 Å². The largest absolute Gasteiger partial charge is 0.503 e. The van der Waals surface area contributed by atoms with E-state index in [0.29, 0.717) is 20.5 Å². The SMILES string of the molecule is COc1cc([C@H]2NC(=O)NC(C)=C2C(=O)Nc2ccc(F)cc2)c(Cl)c(I)c1O. The molecule has 29 heavy (non-hydrogen) atoms. The molecule has 0 aromatic heterocycles. The first-order valence-corrected chi connectivity index (χ1v) is 9.78. The number of anilines is 1. The Morgan fingerprint density at radius 2 is 2.00 bits per heavy atom.